The van der Waals surface area contributed by atoms with Crippen LogP contribution in [0.5, 0.6) is 0 Å². The highest BCUT2D eigenvalue weighted by atomic mass is 35.9. The Morgan fingerprint density at radius 1 is 1.30 bits per heavy atom. The summed E-state index contributed by atoms with van der Waals surface area (Å²) < 4.78 is 0. The van der Waals surface area contributed by atoms with Crippen molar-refractivity contribution < 1.29 is 0 Å². The highest BCUT2D eigenvalue weighted by Crippen LogP contribution is 2.45. The quantitative estimate of drug-likeness (QED) is 0.599. The van der Waals surface area contributed by atoms with Gasteiger partial charge < -0.3 is 0 Å². The lowest BCUT2D eigenvalue weighted by Gasteiger charge is -2.00. The van der Waals surface area contributed by atoms with E-state index in [4.69, 9.17) is 22.5 Å². The van der Waals surface area contributed by atoms with E-state index in [0.717, 1.165) is 5.30 Å². The van der Waals surface area contributed by atoms with E-state index in [-0.39, 0.29) is 0 Å². The van der Waals surface area contributed by atoms with Crippen LogP contribution in [0.1, 0.15) is 5.56 Å². The Morgan fingerprint density at radius 3 is 2.40 bits per heavy atom. The number of halogens is 2. The Kier molecular flexibility index (Phi) is 2.97. The van der Waals surface area contributed by atoms with Crippen molar-refractivity contribution in [3.8, 4) is 0 Å². The standard InChI is InChI=1S/C7H7Cl2P/c1-6-3-2-4-7(5-6)10(8)9/h2-5H,1H3. The van der Waals surface area contributed by atoms with Crippen LogP contribution in [-0.2, 0) is 0 Å². The number of aryl methyl sites for hydroxylation is 1. The van der Waals surface area contributed by atoms with Crippen molar-refractivity contribution in [3.63, 3.8) is 0 Å². The van der Waals surface area contributed by atoms with Gasteiger partial charge in [0, 0.05) is 5.30 Å². The van der Waals surface area contributed by atoms with Crippen LogP contribution in [0, 0.1) is 6.92 Å². The van der Waals surface area contributed by atoms with Crippen LogP contribution in [0.2, 0.25) is 0 Å². The van der Waals surface area contributed by atoms with E-state index >= 15 is 0 Å². The summed E-state index contributed by atoms with van der Waals surface area (Å²) in [5.74, 6) is 0. The van der Waals surface area contributed by atoms with Crippen LogP contribution in [0.4, 0.5) is 0 Å². The van der Waals surface area contributed by atoms with Crippen molar-refractivity contribution in [2.24, 2.45) is 0 Å². The van der Waals surface area contributed by atoms with E-state index in [1.54, 1.807) is 0 Å². The molecule has 0 aliphatic rings. The van der Waals surface area contributed by atoms with Gasteiger partial charge >= 0.3 is 0 Å². The summed E-state index contributed by atoms with van der Waals surface area (Å²) in [5.41, 5.74) is 1.20. The molecule has 0 aliphatic heterocycles. The van der Waals surface area contributed by atoms with Crippen LogP contribution in [-0.4, -0.2) is 0 Å². The minimum Gasteiger partial charge on any atom is -0.0727 e. The fourth-order valence-electron chi connectivity index (χ4n) is 0.733. The van der Waals surface area contributed by atoms with E-state index in [0.29, 0.717) is 0 Å². The first kappa shape index (κ1) is 8.33. The third-order valence-electron chi connectivity index (χ3n) is 1.20. The summed E-state index contributed by atoms with van der Waals surface area (Å²) in [6.07, 6.45) is 0. The Hall–Kier alpha value is 0.230. The van der Waals surface area contributed by atoms with Crippen molar-refractivity contribution in [1.29, 1.82) is 0 Å². The lowest BCUT2D eigenvalue weighted by Crippen LogP contribution is -1.93. The Balaban J connectivity index is 2.96. The van der Waals surface area contributed by atoms with Crippen LogP contribution in [0.15, 0.2) is 24.3 Å². The van der Waals surface area contributed by atoms with Gasteiger partial charge in [0.1, 0.15) is 6.63 Å². The summed E-state index contributed by atoms with van der Waals surface area (Å²) in [5, 5.41) is 1.03. The molecule has 0 atom stereocenters. The molecule has 1 aromatic rings. The number of rotatable bonds is 1. The molecule has 0 nitrogen and oxygen atoms in total. The minimum atomic E-state index is -0.967. The van der Waals surface area contributed by atoms with E-state index in [2.05, 4.69) is 0 Å². The Morgan fingerprint density at radius 2 is 2.00 bits per heavy atom. The zero-order valence-electron chi connectivity index (χ0n) is 5.51. The molecular formula is C7H7Cl2P. The largest absolute Gasteiger partial charge is 0.116 e. The molecule has 3 heteroatoms. The fourth-order valence-corrected chi connectivity index (χ4v) is 1.86. The average Bonchev–Trinajstić information content (AvgIpc) is 1.88. The molecule has 0 spiro atoms. The second kappa shape index (κ2) is 3.57. The SMILES string of the molecule is Cc1cccc(P(Cl)Cl)c1. The molecular weight excluding hydrogens is 186 g/mol. The molecule has 0 aliphatic carbocycles. The van der Waals surface area contributed by atoms with E-state index in [1.807, 2.05) is 31.2 Å². The molecule has 1 rings (SSSR count). The van der Waals surface area contributed by atoms with Gasteiger partial charge in [-0.05, 0) is 13.0 Å². The lowest BCUT2D eigenvalue weighted by molar-refractivity contribution is 1.50. The first-order valence-corrected chi connectivity index (χ1v) is 6.03. The summed E-state index contributed by atoms with van der Waals surface area (Å²) >= 11 is 11.4. The lowest BCUT2D eigenvalue weighted by atomic mass is 10.2. The molecule has 0 fully saturated rings. The van der Waals surface area contributed by atoms with E-state index in [9.17, 15) is 0 Å². The van der Waals surface area contributed by atoms with Gasteiger partial charge in [-0.2, -0.15) is 0 Å². The predicted molar refractivity (Wildman–Crippen MR) is 49.4 cm³/mol. The molecule has 0 N–H and O–H groups in total. The van der Waals surface area contributed by atoms with Crippen LogP contribution in [0.3, 0.4) is 0 Å². The predicted octanol–water partition coefficient (Wildman–Crippen LogP) is 3.41. The van der Waals surface area contributed by atoms with Gasteiger partial charge in [0.05, 0.1) is 0 Å². The molecule has 1 aromatic carbocycles. The van der Waals surface area contributed by atoms with Crippen LogP contribution < -0.4 is 5.30 Å². The molecule has 54 valence electrons. The van der Waals surface area contributed by atoms with Crippen LogP contribution in [0.25, 0.3) is 0 Å². The van der Waals surface area contributed by atoms with Gasteiger partial charge in [0.15, 0.2) is 0 Å². The molecule has 0 unspecified atom stereocenters. The van der Waals surface area contributed by atoms with Crippen molar-refractivity contribution >= 4 is 34.4 Å². The van der Waals surface area contributed by atoms with Gasteiger partial charge in [0.25, 0.3) is 0 Å². The molecule has 0 amide bonds. The second-order valence-corrected chi connectivity index (χ2v) is 5.60. The summed E-state index contributed by atoms with van der Waals surface area (Å²) in [7, 11) is 0. The molecule has 10 heavy (non-hydrogen) atoms. The molecule has 0 bridgehead atoms. The molecule has 0 aromatic heterocycles. The maximum Gasteiger partial charge on any atom is 0.116 e. The van der Waals surface area contributed by atoms with Crippen molar-refractivity contribution in [1.82, 2.24) is 0 Å². The van der Waals surface area contributed by atoms with Gasteiger partial charge in [-0.25, -0.2) is 0 Å². The minimum absolute atomic E-state index is 0.967. The highest BCUT2D eigenvalue weighted by molar-refractivity contribution is 8.08. The summed E-state index contributed by atoms with van der Waals surface area (Å²) in [6, 6.07) is 7.94. The Labute approximate surface area is 71.5 Å². The number of hydrogen-bond acceptors (Lipinski definition) is 0. The highest BCUT2D eigenvalue weighted by Gasteiger charge is 2.01. The zero-order chi connectivity index (χ0) is 7.56. The number of hydrogen-bond donors (Lipinski definition) is 0. The van der Waals surface area contributed by atoms with Crippen LogP contribution >= 0.6 is 29.1 Å². The zero-order valence-corrected chi connectivity index (χ0v) is 7.92. The Bertz CT molecular complexity index is 223. The molecule has 0 radical (unpaired) electrons. The van der Waals surface area contributed by atoms with Gasteiger partial charge in [-0.1, -0.05) is 46.2 Å². The van der Waals surface area contributed by atoms with E-state index < -0.39 is 6.63 Å². The fraction of sp³-hybridized carbons (Fsp3) is 0.143. The van der Waals surface area contributed by atoms with Crippen molar-refractivity contribution in [2.75, 3.05) is 0 Å². The van der Waals surface area contributed by atoms with E-state index in [1.165, 1.54) is 5.56 Å². The third kappa shape index (κ3) is 2.12. The maximum atomic E-state index is 5.71. The van der Waals surface area contributed by atoms with Gasteiger partial charge in [-0.3, -0.25) is 0 Å². The summed E-state index contributed by atoms with van der Waals surface area (Å²) in [6.45, 7) is 1.06. The van der Waals surface area contributed by atoms with Crippen molar-refractivity contribution in [3.05, 3.63) is 29.8 Å². The summed E-state index contributed by atoms with van der Waals surface area (Å²) in [4.78, 5) is 0. The first-order valence-electron chi connectivity index (χ1n) is 2.88. The molecule has 0 saturated heterocycles. The van der Waals surface area contributed by atoms with Gasteiger partial charge in [-0.15, -0.1) is 0 Å². The first-order chi connectivity index (χ1) is 4.70. The molecule has 0 heterocycles. The smallest absolute Gasteiger partial charge is 0.0727 e. The maximum absolute atomic E-state index is 5.71. The average molecular weight is 193 g/mol. The normalized spacial score (nSPS) is 10.4. The molecule has 0 saturated carbocycles. The van der Waals surface area contributed by atoms with Crippen molar-refractivity contribution in [2.45, 2.75) is 6.92 Å². The van der Waals surface area contributed by atoms with Gasteiger partial charge in [0.2, 0.25) is 0 Å². The third-order valence-corrected chi connectivity index (χ3v) is 3.04. The second-order valence-electron chi connectivity index (χ2n) is 2.07. The number of benzene rings is 1. The topological polar surface area (TPSA) is 0 Å². The monoisotopic (exact) mass is 192 g/mol.